The van der Waals surface area contributed by atoms with E-state index < -0.39 is 40.7 Å². The third kappa shape index (κ3) is 2.22. The number of carboxylic acids is 1. The summed E-state index contributed by atoms with van der Waals surface area (Å²) in [6.45, 7) is 3.27. The number of benzene rings is 1. The lowest BCUT2D eigenvalue weighted by atomic mass is 9.79. The minimum Gasteiger partial charge on any atom is -0.477 e. The second kappa shape index (κ2) is 5.58. The summed E-state index contributed by atoms with van der Waals surface area (Å²) in [5, 5.41) is 19.3. The van der Waals surface area contributed by atoms with E-state index in [9.17, 15) is 24.0 Å². The number of rotatable bonds is 4. The summed E-state index contributed by atoms with van der Waals surface area (Å²) in [5.41, 5.74) is -0.202. The summed E-state index contributed by atoms with van der Waals surface area (Å²) >= 11 is 0. The van der Waals surface area contributed by atoms with Crippen molar-refractivity contribution in [2.45, 2.75) is 30.9 Å². The van der Waals surface area contributed by atoms with Gasteiger partial charge in [0.2, 0.25) is 5.91 Å². The van der Waals surface area contributed by atoms with E-state index in [-0.39, 0.29) is 16.5 Å². The van der Waals surface area contributed by atoms with Gasteiger partial charge in [0.25, 0.3) is 0 Å². The molecule has 0 aliphatic carbocycles. The third-order valence-corrected chi connectivity index (χ3v) is 6.13. The fraction of sp³-hybridized carbons (Fsp3) is 0.375. The van der Waals surface area contributed by atoms with Crippen molar-refractivity contribution in [2.75, 3.05) is 0 Å². The van der Waals surface area contributed by atoms with Crippen LogP contribution in [0.5, 0.6) is 0 Å². The van der Waals surface area contributed by atoms with Gasteiger partial charge in [-0.05, 0) is 19.1 Å². The van der Waals surface area contributed by atoms with Crippen LogP contribution in [-0.2, 0) is 20.4 Å². The number of hydrogen-bond acceptors (Lipinski definition) is 4. The van der Waals surface area contributed by atoms with Crippen LogP contribution in [0.15, 0.2) is 45.8 Å². The first-order valence-electron chi connectivity index (χ1n) is 7.31. The Morgan fingerprint density at radius 1 is 1.30 bits per heavy atom. The standard InChI is InChI=1S/C16H17NO5S/c1-8-12-11(9(2)18)15(19)17(12)13(16(20)21)14(8)23(22)10-6-4-3-5-7-10/h3-9,11-12,18H,1-2H3,(H,20,21)/t8-,9?,11-,12-,23?/m1/s1. The maximum absolute atomic E-state index is 12.9. The monoisotopic (exact) mass is 335 g/mol. The molecular weight excluding hydrogens is 318 g/mol. The zero-order valence-electron chi connectivity index (χ0n) is 12.7. The Bertz CT molecular complexity index is 727. The molecule has 6 nitrogen and oxygen atoms in total. The molecule has 7 heteroatoms. The molecule has 0 bridgehead atoms. The fourth-order valence-electron chi connectivity index (χ4n) is 3.44. The molecule has 0 radical (unpaired) electrons. The fourth-order valence-corrected chi connectivity index (χ4v) is 4.94. The highest BCUT2D eigenvalue weighted by Gasteiger charge is 2.60. The van der Waals surface area contributed by atoms with E-state index >= 15 is 0 Å². The van der Waals surface area contributed by atoms with Gasteiger partial charge in [-0.3, -0.25) is 4.79 Å². The maximum atomic E-state index is 12.9. The number of nitrogens with zero attached hydrogens (tertiary/aromatic N) is 1. The Morgan fingerprint density at radius 2 is 1.91 bits per heavy atom. The Labute approximate surface area is 135 Å². The molecule has 1 aromatic carbocycles. The Morgan fingerprint density at radius 3 is 2.43 bits per heavy atom. The van der Waals surface area contributed by atoms with E-state index in [1.54, 1.807) is 37.3 Å². The van der Waals surface area contributed by atoms with Gasteiger partial charge in [0.15, 0.2) is 0 Å². The van der Waals surface area contributed by atoms with E-state index in [1.165, 1.54) is 11.8 Å². The van der Waals surface area contributed by atoms with Crippen LogP contribution >= 0.6 is 0 Å². The molecule has 1 aromatic rings. The van der Waals surface area contributed by atoms with Crippen molar-refractivity contribution >= 4 is 22.7 Å². The number of carboxylic acid groups (broad SMARTS) is 1. The predicted octanol–water partition coefficient (Wildman–Crippen LogP) is 0.948. The minimum absolute atomic E-state index is 0.202. The van der Waals surface area contributed by atoms with E-state index in [4.69, 9.17) is 0 Å². The van der Waals surface area contributed by atoms with Crippen molar-refractivity contribution in [1.82, 2.24) is 4.90 Å². The smallest absolute Gasteiger partial charge is 0.353 e. The van der Waals surface area contributed by atoms with Crippen molar-refractivity contribution in [3.8, 4) is 0 Å². The van der Waals surface area contributed by atoms with E-state index in [0.717, 1.165) is 0 Å². The van der Waals surface area contributed by atoms with Crippen LogP contribution < -0.4 is 0 Å². The van der Waals surface area contributed by atoms with Gasteiger partial charge in [-0.1, -0.05) is 25.1 Å². The molecule has 5 atom stereocenters. The first kappa shape index (κ1) is 15.9. The van der Waals surface area contributed by atoms with Crippen molar-refractivity contribution in [3.05, 3.63) is 40.9 Å². The molecule has 0 aromatic heterocycles. The first-order chi connectivity index (χ1) is 10.9. The van der Waals surface area contributed by atoms with Crippen LogP contribution in [-0.4, -0.2) is 43.3 Å². The predicted molar refractivity (Wildman–Crippen MR) is 82.5 cm³/mol. The van der Waals surface area contributed by atoms with Crippen LogP contribution in [0.25, 0.3) is 0 Å². The highest BCUT2D eigenvalue weighted by atomic mass is 32.2. The average Bonchev–Trinajstić information content (AvgIpc) is 2.76. The van der Waals surface area contributed by atoms with Gasteiger partial charge < -0.3 is 15.1 Å². The summed E-state index contributed by atoms with van der Waals surface area (Å²) < 4.78 is 12.9. The van der Waals surface area contributed by atoms with Gasteiger partial charge in [-0.25, -0.2) is 9.00 Å². The lowest BCUT2D eigenvalue weighted by molar-refractivity contribution is -0.163. The van der Waals surface area contributed by atoms with Crippen LogP contribution in [0.4, 0.5) is 0 Å². The van der Waals surface area contributed by atoms with Gasteiger partial charge >= 0.3 is 5.97 Å². The van der Waals surface area contributed by atoms with Crippen molar-refractivity contribution in [3.63, 3.8) is 0 Å². The quantitative estimate of drug-likeness (QED) is 0.799. The van der Waals surface area contributed by atoms with Crippen molar-refractivity contribution < 1.29 is 24.0 Å². The molecule has 2 unspecified atom stereocenters. The highest BCUT2D eigenvalue weighted by molar-refractivity contribution is 7.89. The van der Waals surface area contributed by atoms with E-state index in [2.05, 4.69) is 0 Å². The topological polar surface area (TPSA) is 94.9 Å². The highest BCUT2D eigenvalue weighted by Crippen LogP contribution is 2.48. The molecule has 2 aliphatic heterocycles. The van der Waals surface area contributed by atoms with Gasteiger partial charge in [-0.2, -0.15) is 0 Å². The van der Waals surface area contributed by atoms with Crippen LogP contribution in [0.1, 0.15) is 13.8 Å². The number of carbonyl (C=O) groups is 2. The van der Waals surface area contributed by atoms with Gasteiger partial charge in [0.05, 0.1) is 33.8 Å². The molecule has 0 saturated carbocycles. The van der Waals surface area contributed by atoms with Crippen LogP contribution in [0.2, 0.25) is 0 Å². The number of aliphatic hydroxyl groups excluding tert-OH is 1. The first-order valence-corrected chi connectivity index (χ1v) is 8.46. The van der Waals surface area contributed by atoms with Gasteiger partial charge in [0.1, 0.15) is 5.70 Å². The summed E-state index contributed by atoms with van der Waals surface area (Å²) in [5.74, 6) is -2.73. The lowest BCUT2D eigenvalue weighted by Gasteiger charge is -2.46. The molecular formula is C16H17NO5S. The molecule has 122 valence electrons. The zero-order valence-corrected chi connectivity index (χ0v) is 13.5. The Hall–Kier alpha value is -1.99. The molecule has 23 heavy (non-hydrogen) atoms. The molecule has 2 heterocycles. The number of aliphatic hydroxyl groups is 1. The number of hydrogen-bond donors (Lipinski definition) is 2. The second-order valence-electron chi connectivity index (χ2n) is 5.85. The Kier molecular flexibility index (Phi) is 3.85. The zero-order chi connectivity index (χ0) is 16.9. The number of amides is 1. The number of β-lactam (4-membered cyclic amide) rings is 1. The molecule has 2 N–H and O–H groups in total. The molecule has 3 rings (SSSR count). The van der Waals surface area contributed by atoms with Gasteiger partial charge in [-0.15, -0.1) is 0 Å². The van der Waals surface area contributed by atoms with Crippen LogP contribution in [0.3, 0.4) is 0 Å². The lowest BCUT2D eigenvalue weighted by Crippen LogP contribution is -2.63. The average molecular weight is 335 g/mol. The van der Waals surface area contributed by atoms with E-state index in [0.29, 0.717) is 4.90 Å². The number of carbonyl (C=O) groups excluding carboxylic acids is 1. The summed E-state index contributed by atoms with van der Waals surface area (Å²) in [7, 11) is -1.66. The summed E-state index contributed by atoms with van der Waals surface area (Å²) in [6, 6.07) is 8.12. The SMILES string of the molecule is CC(O)[C@H]1C(=O)N2C(C(=O)O)=C(S(=O)c3ccccc3)[C@H](C)[C@H]12. The maximum Gasteiger partial charge on any atom is 0.353 e. The van der Waals surface area contributed by atoms with E-state index in [1.807, 2.05) is 0 Å². The van der Waals surface area contributed by atoms with Gasteiger partial charge in [0, 0.05) is 10.8 Å². The number of aliphatic carboxylic acids is 1. The molecule has 1 amide bonds. The largest absolute Gasteiger partial charge is 0.477 e. The number of fused-ring (bicyclic) bond motifs is 1. The summed E-state index contributed by atoms with van der Waals surface area (Å²) in [4.78, 5) is 25.8. The summed E-state index contributed by atoms with van der Waals surface area (Å²) in [6.07, 6.45) is -0.870. The molecule has 2 aliphatic rings. The van der Waals surface area contributed by atoms with Crippen LogP contribution in [0, 0.1) is 11.8 Å². The molecule has 0 spiro atoms. The Balaban J connectivity index is 2.07. The second-order valence-corrected chi connectivity index (χ2v) is 7.30. The molecule has 1 saturated heterocycles. The normalized spacial score (nSPS) is 29.1. The van der Waals surface area contributed by atoms with Crippen molar-refractivity contribution in [1.29, 1.82) is 0 Å². The minimum atomic E-state index is -1.66. The molecule has 1 fully saturated rings. The third-order valence-electron chi connectivity index (χ3n) is 4.47. The van der Waals surface area contributed by atoms with Crippen molar-refractivity contribution in [2.24, 2.45) is 11.8 Å².